The quantitative estimate of drug-likeness (QED) is 0.626. The molecule has 1 unspecified atom stereocenters. The van der Waals surface area contributed by atoms with Crippen LogP contribution in [0.5, 0.6) is 5.75 Å². The minimum Gasteiger partial charge on any atom is -0.489 e. The molecular formula is C26H32N4O4. The first-order valence-electron chi connectivity index (χ1n) is 12.4. The molecule has 2 aliphatic heterocycles. The van der Waals surface area contributed by atoms with Crippen LogP contribution in [0.15, 0.2) is 18.2 Å². The van der Waals surface area contributed by atoms with Crippen molar-refractivity contribution in [3.8, 4) is 11.8 Å². The number of rotatable bonds is 6. The van der Waals surface area contributed by atoms with Crippen molar-refractivity contribution < 1.29 is 19.1 Å². The summed E-state index contributed by atoms with van der Waals surface area (Å²) in [6, 6.07) is 7.66. The predicted molar refractivity (Wildman–Crippen MR) is 124 cm³/mol. The van der Waals surface area contributed by atoms with Gasteiger partial charge in [-0.2, -0.15) is 5.26 Å². The molecular weight excluding hydrogens is 432 g/mol. The van der Waals surface area contributed by atoms with Gasteiger partial charge in [-0.25, -0.2) is 0 Å². The van der Waals surface area contributed by atoms with Crippen molar-refractivity contribution in [1.29, 1.82) is 5.26 Å². The SMILES string of the molecule is C[C@]1(C#N)C[C@@H](CN[C@H]2CCCC[C@@H]2Oc2ccc3c(c2)CN(C2CCC(=O)NC2=O)C3=O)C1. The Bertz CT molecular complexity index is 1040. The Labute approximate surface area is 200 Å². The second-order valence-electron chi connectivity index (χ2n) is 10.6. The number of nitriles is 1. The van der Waals surface area contributed by atoms with Gasteiger partial charge in [0.15, 0.2) is 0 Å². The van der Waals surface area contributed by atoms with E-state index in [0.717, 1.165) is 50.0 Å². The number of carbonyl (C=O) groups is 3. The van der Waals surface area contributed by atoms with E-state index in [2.05, 4.69) is 16.7 Å². The number of hydrogen-bond donors (Lipinski definition) is 2. The summed E-state index contributed by atoms with van der Waals surface area (Å²) in [6.45, 7) is 3.31. The summed E-state index contributed by atoms with van der Waals surface area (Å²) in [5.41, 5.74) is 1.30. The maximum atomic E-state index is 12.9. The molecule has 3 fully saturated rings. The second kappa shape index (κ2) is 9.03. The number of imide groups is 1. The molecule has 2 N–H and O–H groups in total. The molecule has 3 atom stereocenters. The number of ether oxygens (including phenoxy) is 1. The molecule has 8 nitrogen and oxygen atoms in total. The zero-order valence-corrected chi connectivity index (χ0v) is 19.6. The number of nitrogens with one attached hydrogen (secondary N) is 2. The summed E-state index contributed by atoms with van der Waals surface area (Å²) >= 11 is 0. The lowest BCUT2D eigenvalue weighted by Crippen LogP contribution is -2.52. The van der Waals surface area contributed by atoms with Crippen molar-refractivity contribution in [3.05, 3.63) is 29.3 Å². The van der Waals surface area contributed by atoms with Gasteiger partial charge in [0.25, 0.3) is 5.91 Å². The molecule has 0 spiro atoms. The Hall–Kier alpha value is -2.92. The first-order valence-corrected chi connectivity index (χ1v) is 12.4. The van der Waals surface area contributed by atoms with Crippen molar-refractivity contribution in [3.63, 3.8) is 0 Å². The minimum absolute atomic E-state index is 0.0672. The van der Waals surface area contributed by atoms with Gasteiger partial charge >= 0.3 is 0 Å². The third-order valence-electron chi connectivity index (χ3n) is 7.90. The number of nitrogens with zero attached hydrogens (tertiary/aromatic N) is 2. The second-order valence-corrected chi connectivity index (χ2v) is 10.6. The fourth-order valence-corrected chi connectivity index (χ4v) is 6.04. The molecule has 180 valence electrons. The van der Waals surface area contributed by atoms with Crippen LogP contribution in [-0.2, 0) is 16.1 Å². The van der Waals surface area contributed by atoms with Crippen LogP contribution < -0.4 is 15.4 Å². The first kappa shape index (κ1) is 22.9. The molecule has 0 radical (unpaired) electrons. The highest BCUT2D eigenvalue weighted by Gasteiger charge is 2.41. The third kappa shape index (κ3) is 4.41. The summed E-state index contributed by atoms with van der Waals surface area (Å²) in [4.78, 5) is 38.2. The molecule has 2 saturated carbocycles. The Morgan fingerprint density at radius 3 is 2.76 bits per heavy atom. The van der Waals surface area contributed by atoms with Crippen molar-refractivity contribution in [2.24, 2.45) is 11.3 Å². The lowest BCUT2D eigenvalue weighted by molar-refractivity contribution is -0.136. The fourth-order valence-electron chi connectivity index (χ4n) is 6.04. The maximum Gasteiger partial charge on any atom is 0.255 e. The van der Waals surface area contributed by atoms with Crippen LogP contribution in [0.1, 0.15) is 74.2 Å². The Kier molecular flexibility index (Phi) is 6.07. The van der Waals surface area contributed by atoms with E-state index in [4.69, 9.17) is 4.74 Å². The number of fused-ring (bicyclic) bond motifs is 1. The van der Waals surface area contributed by atoms with Crippen LogP contribution in [0.3, 0.4) is 0 Å². The minimum atomic E-state index is -0.608. The standard InChI is InChI=1S/C26H32N4O4/c1-26(15-27)11-16(12-26)13-28-20-4-2-3-5-22(20)34-18-6-7-19-17(10-18)14-30(25(19)33)21-8-9-23(31)29-24(21)32/h6-7,10,16,20-22,28H,2-5,8-9,11-14H2,1H3,(H,29,31,32)/t16-,20-,21?,22-,26+/m0/s1. The molecule has 5 rings (SSSR count). The summed E-state index contributed by atoms with van der Waals surface area (Å²) < 4.78 is 6.42. The highest BCUT2D eigenvalue weighted by atomic mass is 16.5. The van der Waals surface area contributed by atoms with Gasteiger partial charge in [0.2, 0.25) is 11.8 Å². The third-order valence-corrected chi connectivity index (χ3v) is 7.90. The predicted octanol–water partition coefficient (Wildman–Crippen LogP) is 2.67. The molecule has 8 heteroatoms. The average molecular weight is 465 g/mol. The van der Waals surface area contributed by atoms with E-state index in [1.807, 2.05) is 19.1 Å². The fraction of sp³-hybridized carbons (Fsp3) is 0.615. The lowest BCUT2D eigenvalue weighted by Gasteiger charge is -2.41. The topological polar surface area (TPSA) is 112 Å². The van der Waals surface area contributed by atoms with Crippen LogP contribution in [0.2, 0.25) is 0 Å². The van der Waals surface area contributed by atoms with Crippen molar-refractivity contribution in [2.45, 2.75) is 83.0 Å². The van der Waals surface area contributed by atoms with Gasteiger partial charge in [0.1, 0.15) is 17.9 Å². The van der Waals surface area contributed by atoms with Gasteiger partial charge < -0.3 is 15.0 Å². The molecule has 0 bridgehead atoms. The van der Waals surface area contributed by atoms with Gasteiger partial charge in [-0.1, -0.05) is 6.42 Å². The smallest absolute Gasteiger partial charge is 0.255 e. The van der Waals surface area contributed by atoms with E-state index < -0.39 is 11.9 Å². The zero-order chi connectivity index (χ0) is 23.9. The molecule has 4 aliphatic rings. The summed E-state index contributed by atoms with van der Waals surface area (Å²) in [7, 11) is 0. The molecule has 2 aliphatic carbocycles. The molecule has 1 aromatic carbocycles. The van der Waals surface area contributed by atoms with Gasteiger partial charge in [-0.15, -0.1) is 0 Å². The number of hydrogen-bond acceptors (Lipinski definition) is 6. The highest BCUT2D eigenvalue weighted by Crippen LogP contribution is 2.44. The van der Waals surface area contributed by atoms with Gasteiger partial charge in [0, 0.05) is 24.6 Å². The van der Waals surface area contributed by atoms with Gasteiger partial charge in [-0.05, 0) is 81.7 Å². The monoisotopic (exact) mass is 464 g/mol. The van der Waals surface area contributed by atoms with Crippen LogP contribution in [-0.4, -0.2) is 47.4 Å². The number of benzene rings is 1. The summed E-state index contributed by atoms with van der Waals surface area (Å²) in [5, 5.41) is 15.3. The summed E-state index contributed by atoms with van der Waals surface area (Å²) in [5.74, 6) is 0.449. The lowest BCUT2D eigenvalue weighted by atomic mass is 9.64. The van der Waals surface area contributed by atoms with E-state index in [1.165, 1.54) is 6.42 Å². The van der Waals surface area contributed by atoms with E-state index in [1.54, 1.807) is 11.0 Å². The largest absolute Gasteiger partial charge is 0.489 e. The van der Waals surface area contributed by atoms with E-state index >= 15 is 0 Å². The van der Waals surface area contributed by atoms with Crippen LogP contribution in [0.25, 0.3) is 0 Å². The number of amides is 3. The van der Waals surface area contributed by atoms with Crippen LogP contribution in [0.4, 0.5) is 0 Å². The number of piperidine rings is 1. The van der Waals surface area contributed by atoms with Crippen molar-refractivity contribution in [2.75, 3.05) is 6.54 Å². The molecule has 1 saturated heterocycles. The van der Waals surface area contributed by atoms with E-state index in [-0.39, 0.29) is 35.8 Å². The maximum absolute atomic E-state index is 12.9. The molecule has 3 amide bonds. The van der Waals surface area contributed by atoms with Crippen molar-refractivity contribution in [1.82, 2.24) is 15.5 Å². The van der Waals surface area contributed by atoms with Gasteiger partial charge in [-0.3, -0.25) is 19.7 Å². The van der Waals surface area contributed by atoms with E-state index in [9.17, 15) is 19.6 Å². The Balaban J connectivity index is 1.21. The molecule has 0 aromatic heterocycles. The molecule has 1 aromatic rings. The molecule has 34 heavy (non-hydrogen) atoms. The van der Waals surface area contributed by atoms with E-state index in [0.29, 0.717) is 24.4 Å². The van der Waals surface area contributed by atoms with Crippen LogP contribution in [0, 0.1) is 22.7 Å². The van der Waals surface area contributed by atoms with Crippen LogP contribution >= 0.6 is 0 Å². The normalized spacial score (nSPS) is 33.1. The Morgan fingerprint density at radius 2 is 2.00 bits per heavy atom. The Morgan fingerprint density at radius 1 is 1.21 bits per heavy atom. The first-order chi connectivity index (χ1) is 16.3. The number of carbonyl (C=O) groups excluding carboxylic acids is 3. The molecule has 2 heterocycles. The van der Waals surface area contributed by atoms with Gasteiger partial charge in [0.05, 0.1) is 11.5 Å². The van der Waals surface area contributed by atoms with Crippen molar-refractivity contribution >= 4 is 17.7 Å². The average Bonchev–Trinajstić information content (AvgIpc) is 3.12. The zero-order valence-electron chi connectivity index (χ0n) is 19.6. The highest BCUT2D eigenvalue weighted by molar-refractivity contribution is 6.05. The summed E-state index contributed by atoms with van der Waals surface area (Å²) in [6.07, 6.45) is 6.95.